The smallest absolute Gasteiger partial charge is 0.118 e. The topological polar surface area (TPSA) is 29.5 Å². The third-order valence-corrected chi connectivity index (χ3v) is 1.78. The summed E-state index contributed by atoms with van der Waals surface area (Å²) in [6.45, 7) is 0.0293. The number of rotatable bonds is 2. The van der Waals surface area contributed by atoms with Gasteiger partial charge in [0.15, 0.2) is 0 Å². The number of methoxy groups -OCH3 is 1. The van der Waals surface area contributed by atoms with Crippen LogP contribution in [0.2, 0.25) is 0 Å². The SMILES string of the molecule is COc1ccccccc(CO)cc1. The largest absolute Gasteiger partial charge is 0.497 e. The molecule has 1 rings (SSSR count). The number of aliphatic hydroxyl groups is 1. The Labute approximate surface area is 84.1 Å². The molecule has 2 nitrogen and oxygen atoms in total. The van der Waals surface area contributed by atoms with E-state index in [0.717, 1.165) is 11.3 Å². The minimum Gasteiger partial charge on any atom is -0.497 e. The molecule has 0 saturated carbocycles. The monoisotopic (exact) mass is 190 g/mol. The van der Waals surface area contributed by atoms with E-state index in [-0.39, 0.29) is 6.61 Å². The van der Waals surface area contributed by atoms with Gasteiger partial charge >= 0.3 is 0 Å². The Morgan fingerprint density at radius 3 is 2.36 bits per heavy atom. The van der Waals surface area contributed by atoms with Gasteiger partial charge in [-0.05, 0) is 17.7 Å². The molecule has 1 N–H and O–H groups in total. The summed E-state index contributed by atoms with van der Waals surface area (Å²) in [5.41, 5.74) is 0.847. The summed E-state index contributed by atoms with van der Waals surface area (Å²) in [4.78, 5) is 0. The molecule has 0 aromatic heterocycles. The summed E-state index contributed by atoms with van der Waals surface area (Å²) < 4.78 is 5.11. The lowest BCUT2D eigenvalue weighted by molar-refractivity contribution is 0.282. The van der Waals surface area contributed by atoms with E-state index in [1.807, 2.05) is 48.5 Å². The third-order valence-electron chi connectivity index (χ3n) is 1.78. The first-order valence-electron chi connectivity index (χ1n) is 4.44. The number of aliphatic hydroxyl groups excluding tert-OH is 1. The van der Waals surface area contributed by atoms with Crippen molar-refractivity contribution >= 4 is 0 Å². The van der Waals surface area contributed by atoms with Gasteiger partial charge in [0.25, 0.3) is 0 Å². The minimum atomic E-state index is 0.0293. The van der Waals surface area contributed by atoms with Crippen molar-refractivity contribution in [1.29, 1.82) is 0 Å². The normalized spacial score (nSPS) is 9.00. The highest BCUT2D eigenvalue weighted by molar-refractivity contribution is 5.21. The van der Waals surface area contributed by atoms with E-state index in [9.17, 15) is 0 Å². The lowest BCUT2D eigenvalue weighted by Gasteiger charge is -1.95. The van der Waals surface area contributed by atoms with Gasteiger partial charge in [-0.1, -0.05) is 36.4 Å². The predicted octanol–water partition coefficient (Wildman–Crippen LogP) is 2.31. The summed E-state index contributed by atoms with van der Waals surface area (Å²) in [6.07, 6.45) is 0. The van der Waals surface area contributed by atoms with Gasteiger partial charge in [-0.2, -0.15) is 0 Å². The molecule has 0 aliphatic rings. The predicted molar refractivity (Wildman–Crippen MR) is 56.5 cm³/mol. The Kier molecular flexibility index (Phi) is 4.51. The molecular weight excluding hydrogens is 176 g/mol. The van der Waals surface area contributed by atoms with Crippen LogP contribution in [0, 0.1) is 0 Å². The third kappa shape index (κ3) is 3.46. The fourth-order valence-electron chi connectivity index (χ4n) is 1.000. The number of hydrogen-bond donors (Lipinski definition) is 1. The van der Waals surface area contributed by atoms with E-state index in [4.69, 9.17) is 9.84 Å². The van der Waals surface area contributed by atoms with Crippen molar-refractivity contribution in [2.75, 3.05) is 7.11 Å². The van der Waals surface area contributed by atoms with Gasteiger partial charge in [-0.25, -0.2) is 0 Å². The Morgan fingerprint density at radius 1 is 1.00 bits per heavy atom. The molecule has 1 aromatic carbocycles. The van der Waals surface area contributed by atoms with Crippen molar-refractivity contribution in [2.45, 2.75) is 6.61 Å². The van der Waals surface area contributed by atoms with Crippen LogP contribution in [0.1, 0.15) is 5.56 Å². The molecule has 0 bridgehead atoms. The molecule has 2 heteroatoms. The second-order valence-electron chi connectivity index (χ2n) is 2.78. The zero-order valence-corrected chi connectivity index (χ0v) is 8.18. The van der Waals surface area contributed by atoms with Gasteiger partial charge in [0.2, 0.25) is 0 Å². The summed E-state index contributed by atoms with van der Waals surface area (Å²) in [5.74, 6) is 0.760. The quantitative estimate of drug-likeness (QED) is 0.775. The molecule has 0 amide bonds. The minimum absolute atomic E-state index is 0.0293. The fourth-order valence-corrected chi connectivity index (χ4v) is 1.000. The number of hydrogen-bond acceptors (Lipinski definition) is 2. The molecule has 0 aliphatic carbocycles. The summed E-state index contributed by atoms with van der Waals surface area (Å²) in [6, 6.07) is 15.0. The molecule has 0 radical (unpaired) electrons. The van der Waals surface area contributed by atoms with Gasteiger partial charge < -0.3 is 9.84 Å². The second kappa shape index (κ2) is 6.00. The molecule has 0 saturated heterocycles. The lowest BCUT2D eigenvalue weighted by Crippen LogP contribution is -1.80. The van der Waals surface area contributed by atoms with Gasteiger partial charge in [0, 0.05) is 0 Å². The van der Waals surface area contributed by atoms with Crippen LogP contribution in [0.4, 0.5) is 0 Å². The Hall–Kier alpha value is -1.54. The summed E-state index contributed by atoms with van der Waals surface area (Å²) in [5, 5.41) is 9.00. The Bertz CT molecular complexity index is 299. The van der Waals surface area contributed by atoms with Crippen LogP contribution in [0.3, 0.4) is 0 Å². The molecule has 1 aromatic rings. The van der Waals surface area contributed by atoms with Crippen LogP contribution in [0.15, 0.2) is 48.5 Å². The molecule has 0 atom stereocenters. The van der Waals surface area contributed by atoms with Gasteiger partial charge in [0.05, 0.1) is 13.7 Å². The van der Waals surface area contributed by atoms with Crippen LogP contribution in [-0.4, -0.2) is 12.2 Å². The summed E-state index contributed by atoms with van der Waals surface area (Å²) >= 11 is 0. The Morgan fingerprint density at radius 2 is 1.71 bits per heavy atom. The van der Waals surface area contributed by atoms with Crippen LogP contribution in [0.5, 0.6) is 5.75 Å². The van der Waals surface area contributed by atoms with E-state index in [1.54, 1.807) is 7.11 Å². The summed E-state index contributed by atoms with van der Waals surface area (Å²) in [7, 11) is 1.62. The van der Waals surface area contributed by atoms with Crippen molar-refractivity contribution in [3.8, 4) is 5.75 Å². The highest BCUT2D eigenvalue weighted by Gasteiger charge is 1.84. The maximum absolute atomic E-state index is 9.00. The highest BCUT2D eigenvalue weighted by atomic mass is 16.5. The molecule has 0 unspecified atom stereocenters. The average Bonchev–Trinajstić information content (AvgIpc) is 2.25. The second-order valence-corrected chi connectivity index (χ2v) is 2.78. The van der Waals surface area contributed by atoms with Crippen LogP contribution in [-0.2, 0) is 6.61 Å². The zero-order valence-electron chi connectivity index (χ0n) is 8.18. The first-order chi connectivity index (χ1) is 6.86. The highest BCUT2D eigenvalue weighted by Crippen LogP contribution is 2.05. The maximum Gasteiger partial charge on any atom is 0.118 e. The molecule has 0 heterocycles. The standard InChI is InChI=1S/C12H14O2/c1-14-12-7-5-3-2-4-6-11(10-13)8-9-12/h2-9,13H,10H2,1H3. The Balaban J connectivity index is 3.18. The first kappa shape index (κ1) is 10.5. The van der Waals surface area contributed by atoms with Crippen LogP contribution >= 0.6 is 0 Å². The van der Waals surface area contributed by atoms with Gasteiger partial charge in [0.1, 0.15) is 5.75 Å². The van der Waals surface area contributed by atoms with Crippen LogP contribution in [0.25, 0.3) is 0 Å². The zero-order chi connectivity index (χ0) is 10.2. The molecule has 0 spiro atoms. The van der Waals surface area contributed by atoms with E-state index in [1.165, 1.54) is 0 Å². The number of ether oxygens (including phenoxy) is 1. The van der Waals surface area contributed by atoms with Gasteiger partial charge in [-0.3, -0.25) is 0 Å². The van der Waals surface area contributed by atoms with E-state index < -0.39 is 0 Å². The van der Waals surface area contributed by atoms with Gasteiger partial charge in [-0.15, -0.1) is 0 Å². The molecule has 74 valence electrons. The lowest BCUT2D eigenvalue weighted by atomic mass is 10.2. The van der Waals surface area contributed by atoms with E-state index in [2.05, 4.69) is 0 Å². The average molecular weight is 190 g/mol. The van der Waals surface area contributed by atoms with Crippen molar-refractivity contribution in [1.82, 2.24) is 0 Å². The van der Waals surface area contributed by atoms with E-state index in [0.29, 0.717) is 0 Å². The van der Waals surface area contributed by atoms with Crippen molar-refractivity contribution in [3.05, 3.63) is 54.1 Å². The van der Waals surface area contributed by atoms with E-state index >= 15 is 0 Å². The molecule has 14 heavy (non-hydrogen) atoms. The molecule has 0 fully saturated rings. The fraction of sp³-hybridized carbons (Fsp3) is 0.167. The van der Waals surface area contributed by atoms with Crippen molar-refractivity contribution in [3.63, 3.8) is 0 Å². The molecule has 0 aliphatic heterocycles. The maximum atomic E-state index is 9.00. The van der Waals surface area contributed by atoms with Crippen molar-refractivity contribution in [2.24, 2.45) is 0 Å². The molecular formula is C12H14O2. The van der Waals surface area contributed by atoms with Crippen LogP contribution < -0.4 is 4.74 Å². The first-order valence-corrected chi connectivity index (χ1v) is 4.44. The van der Waals surface area contributed by atoms with Crippen molar-refractivity contribution < 1.29 is 9.84 Å².